The molecule has 4 nitrogen and oxygen atoms in total. The minimum atomic E-state index is -0.591. The van der Waals surface area contributed by atoms with Crippen molar-refractivity contribution in [2.75, 3.05) is 13.2 Å². The maximum absolute atomic E-state index is 11.5. The predicted octanol–water partition coefficient (Wildman–Crippen LogP) is 2.24. The molecule has 2 N–H and O–H groups in total. The largest absolute Gasteiger partial charge is 0.484 e. The SMILES string of the molecule is CC(C)(C)C(O)CNC(=O)COc1ccc(Cl)cc1. The number of amides is 1. The number of halogens is 1. The van der Waals surface area contributed by atoms with Crippen molar-refractivity contribution in [1.82, 2.24) is 5.32 Å². The molecule has 1 amide bonds. The van der Waals surface area contributed by atoms with Crippen LogP contribution in [0.25, 0.3) is 0 Å². The van der Waals surface area contributed by atoms with Crippen molar-refractivity contribution < 1.29 is 14.6 Å². The number of rotatable bonds is 5. The number of ether oxygens (including phenoxy) is 1. The van der Waals surface area contributed by atoms with E-state index in [-0.39, 0.29) is 24.5 Å². The van der Waals surface area contributed by atoms with E-state index < -0.39 is 6.10 Å². The van der Waals surface area contributed by atoms with Gasteiger partial charge >= 0.3 is 0 Å². The Balaban J connectivity index is 2.30. The molecule has 0 saturated carbocycles. The second-order valence-corrected chi connectivity index (χ2v) is 5.86. The van der Waals surface area contributed by atoms with Gasteiger partial charge in [0.15, 0.2) is 6.61 Å². The van der Waals surface area contributed by atoms with Gasteiger partial charge in [-0.15, -0.1) is 0 Å². The fraction of sp³-hybridized carbons (Fsp3) is 0.500. The van der Waals surface area contributed by atoms with E-state index in [1.54, 1.807) is 24.3 Å². The smallest absolute Gasteiger partial charge is 0.258 e. The van der Waals surface area contributed by atoms with Crippen molar-refractivity contribution in [3.05, 3.63) is 29.3 Å². The van der Waals surface area contributed by atoms with Crippen molar-refractivity contribution in [3.8, 4) is 5.75 Å². The van der Waals surface area contributed by atoms with Gasteiger partial charge in [0.25, 0.3) is 5.91 Å². The van der Waals surface area contributed by atoms with E-state index in [0.29, 0.717) is 10.8 Å². The van der Waals surface area contributed by atoms with Crippen LogP contribution in [0.3, 0.4) is 0 Å². The molecule has 106 valence electrons. The highest BCUT2D eigenvalue weighted by atomic mass is 35.5. The molecule has 0 heterocycles. The van der Waals surface area contributed by atoms with Gasteiger partial charge in [-0.2, -0.15) is 0 Å². The summed E-state index contributed by atoms with van der Waals surface area (Å²) in [6.45, 7) is 5.86. The summed E-state index contributed by atoms with van der Waals surface area (Å²) >= 11 is 5.74. The second kappa shape index (κ2) is 6.78. The maximum atomic E-state index is 11.5. The topological polar surface area (TPSA) is 58.6 Å². The highest BCUT2D eigenvalue weighted by molar-refractivity contribution is 6.30. The Labute approximate surface area is 118 Å². The Bertz CT molecular complexity index is 412. The van der Waals surface area contributed by atoms with Gasteiger partial charge in [-0.1, -0.05) is 32.4 Å². The number of nitrogens with one attached hydrogen (secondary N) is 1. The molecule has 0 bridgehead atoms. The highest BCUT2D eigenvalue weighted by Gasteiger charge is 2.22. The Morgan fingerprint density at radius 2 is 1.95 bits per heavy atom. The minimum Gasteiger partial charge on any atom is -0.484 e. The number of hydrogen-bond donors (Lipinski definition) is 2. The van der Waals surface area contributed by atoms with Crippen LogP contribution in [0, 0.1) is 5.41 Å². The van der Waals surface area contributed by atoms with Crippen LogP contribution in [-0.2, 0) is 4.79 Å². The summed E-state index contributed by atoms with van der Waals surface area (Å²) in [4.78, 5) is 11.5. The van der Waals surface area contributed by atoms with Crippen LogP contribution in [0.2, 0.25) is 5.02 Å². The molecular weight excluding hydrogens is 266 g/mol. The van der Waals surface area contributed by atoms with Gasteiger partial charge in [0.05, 0.1) is 6.10 Å². The van der Waals surface area contributed by atoms with Gasteiger partial charge in [-0.05, 0) is 29.7 Å². The third-order valence-electron chi connectivity index (χ3n) is 2.68. The fourth-order valence-electron chi connectivity index (χ4n) is 1.25. The molecule has 1 rings (SSSR count). The van der Waals surface area contributed by atoms with Gasteiger partial charge in [0.1, 0.15) is 5.75 Å². The summed E-state index contributed by atoms with van der Waals surface area (Å²) in [6, 6.07) is 6.77. The summed E-state index contributed by atoms with van der Waals surface area (Å²) in [5, 5.41) is 13.0. The van der Waals surface area contributed by atoms with E-state index in [2.05, 4.69) is 5.32 Å². The molecule has 1 atom stereocenters. The monoisotopic (exact) mass is 285 g/mol. The summed E-state index contributed by atoms with van der Waals surface area (Å²) in [5.74, 6) is 0.314. The molecule has 0 spiro atoms. The van der Waals surface area contributed by atoms with Crippen molar-refractivity contribution in [2.45, 2.75) is 26.9 Å². The minimum absolute atomic E-state index is 0.0848. The lowest BCUT2D eigenvalue weighted by molar-refractivity contribution is -0.123. The van der Waals surface area contributed by atoms with E-state index in [9.17, 15) is 9.90 Å². The van der Waals surface area contributed by atoms with E-state index in [1.165, 1.54) is 0 Å². The third kappa shape index (κ3) is 5.94. The third-order valence-corrected chi connectivity index (χ3v) is 2.93. The predicted molar refractivity (Wildman–Crippen MR) is 75.4 cm³/mol. The van der Waals surface area contributed by atoms with Crippen molar-refractivity contribution in [1.29, 1.82) is 0 Å². The number of benzene rings is 1. The van der Waals surface area contributed by atoms with Gasteiger partial charge in [0, 0.05) is 11.6 Å². The average Bonchev–Trinajstić information content (AvgIpc) is 2.34. The number of aliphatic hydroxyl groups excluding tert-OH is 1. The van der Waals surface area contributed by atoms with Crippen molar-refractivity contribution in [3.63, 3.8) is 0 Å². The number of carbonyl (C=O) groups is 1. The molecule has 1 aromatic carbocycles. The van der Waals surface area contributed by atoms with Crippen LogP contribution < -0.4 is 10.1 Å². The van der Waals surface area contributed by atoms with Crippen LogP contribution in [0.1, 0.15) is 20.8 Å². The lowest BCUT2D eigenvalue weighted by Crippen LogP contribution is -2.40. The molecule has 0 aliphatic carbocycles. The van der Waals surface area contributed by atoms with E-state index in [1.807, 2.05) is 20.8 Å². The summed E-state index contributed by atoms with van der Waals surface area (Å²) in [6.07, 6.45) is -0.591. The van der Waals surface area contributed by atoms with Crippen LogP contribution in [0.5, 0.6) is 5.75 Å². The van der Waals surface area contributed by atoms with E-state index in [4.69, 9.17) is 16.3 Å². The molecule has 5 heteroatoms. The van der Waals surface area contributed by atoms with Gasteiger partial charge in [-0.25, -0.2) is 0 Å². The molecule has 1 aromatic rings. The zero-order chi connectivity index (χ0) is 14.5. The van der Waals surface area contributed by atoms with Gasteiger partial charge in [-0.3, -0.25) is 4.79 Å². The lowest BCUT2D eigenvalue weighted by Gasteiger charge is -2.25. The lowest BCUT2D eigenvalue weighted by atomic mass is 9.89. The molecular formula is C14H20ClNO3. The van der Waals surface area contributed by atoms with Gasteiger partial charge < -0.3 is 15.2 Å². The number of hydrogen-bond acceptors (Lipinski definition) is 3. The first-order valence-electron chi connectivity index (χ1n) is 6.12. The van der Waals surface area contributed by atoms with Crippen LogP contribution >= 0.6 is 11.6 Å². The molecule has 1 unspecified atom stereocenters. The average molecular weight is 286 g/mol. The van der Waals surface area contributed by atoms with Crippen LogP contribution in [0.4, 0.5) is 0 Å². The molecule has 0 aromatic heterocycles. The van der Waals surface area contributed by atoms with Crippen LogP contribution in [0.15, 0.2) is 24.3 Å². The number of carbonyl (C=O) groups excluding carboxylic acids is 1. The Morgan fingerprint density at radius 3 is 2.47 bits per heavy atom. The fourth-order valence-corrected chi connectivity index (χ4v) is 1.37. The molecule has 0 aliphatic heterocycles. The van der Waals surface area contributed by atoms with Crippen molar-refractivity contribution in [2.24, 2.45) is 5.41 Å². The first kappa shape index (κ1) is 15.8. The second-order valence-electron chi connectivity index (χ2n) is 5.43. The normalized spacial score (nSPS) is 12.9. The summed E-state index contributed by atoms with van der Waals surface area (Å²) in [5.41, 5.74) is -0.260. The first-order valence-corrected chi connectivity index (χ1v) is 6.50. The summed E-state index contributed by atoms with van der Waals surface area (Å²) in [7, 11) is 0. The Kier molecular flexibility index (Phi) is 5.63. The first-order chi connectivity index (χ1) is 8.79. The molecule has 0 radical (unpaired) electrons. The van der Waals surface area contributed by atoms with E-state index >= 15 is 0 Å². The molecule has 19 heavy (non-hydrogen) atoms. The van der Waals surface area contributed by atoms with Crippen LogP contribution in [-0.4, -0.2) is 30.3 Å². The highest BCUT2D eigenvalue weighted by Crippen LogP contribution is 2.18. The van der Waals surface area contributed by atoms with Crippen molar-refractivity contribution >= 4 is 17.5 Å². The van der Waals surface area contributed by atoms with E-state index in [0.717, 1.165) is 0 Å². The molecule has 0 saturated heterocycles. The molecule has 0 fully saturated rings. The zero-order valence-corrected chi connectivity index (χ0v) is 12.2. The number of aliphatic hydroxyl groups is 1. The Morgan fingerprint density at radius 1 is 1.37 bits per heavy atom. The quantitative estimate of drug-likeness (QED) is 0.872. The summed E-state index contributed by atoms with van der Waals surface area (Å²) < 4.78 is 5.29. The zero-order valence-electron chi connectivity index (χ0n) is 11.4. The Hall–Kier alpha value is -1.26. The van der Waals surface area contributed by atoms with Gasteiger partial charge in [0.2, 0.25) is 0 Å². The molecule has 0 aliphatic rings. The maximum Gasteiger partial charge on any atom is 0.258 e. The standard InChI is InChI=1S/C14H20ClNO3/c1-14(2,3)12(17)8-16-13(18)9-19-11-6-4-10(15)5-7-11/h4-7,12,17H,8-9H2,1-3H3,(H,16,18).